The van der Waals surface area contributed by atoms with Gasteiger partial charge in [-0.3, -0.25) is 0 Å². The first-order chi connectivity index (χ1) is 4.22. The van der Waals surface area contributed by atoms with Gasteiger partial charge in [-0.1, -0.05) is 6.07 Å². The van der Waals surface area contributed by atoms with Gasteiger partial charge in [-0.2, -0.15) is 0 Å². The molecule has 0 aliphatic carbocycles. The lowest BCUT2D eigenvalue weighted by molar-refractivity contribution is 0.592. The number of para-hydroxylation sites is 1. The number of nitrogens with two attached hydrogens (primary N) is 1. The Bertz CT molecular complexity index is 202. The number of hydrogen-bond acceptors (Lipinski definition) is 1. The monoisotopic (exact) mass is 135 g/mol. The molecule has 0 bridgehead atoms. The zero-order valence-corrected chi connectivity index (χ0v) is 4.57. The normalized spacial score (nSPS) is 9.56. The molecule has 0 spiro atoms. The number of halogens is 2. The smallest absolute Gasteiger partial charge is 0.149 e. The highest BCUT2D eigenvalue weighted by molar-refractivity contribution is 5.40. The fourth-order valence-corrected chi connectivity index (χ4v) is 0.511. The highest BCUT2D eigenvalue weighted by Crippen LogP contribution is 2.12. The third-order valence-corrected chi connectivity index (χ3v) is 1.000. The zero-order chi connectivity index (χ0) is 6.85. The molecule has 48 valence electrons. The number of anilines is 1. The molecule has 0 unspecified atom stereocenters. The second-order valence-corrected chi connectivity index (χ2v) is 1.64. The Kier molecular flexibility index (Phi) is 1.34. The van der Waals surface area contributed by atoms with Crippen LogP contribution in [0.2, 0.25) is 0 Å². The van der Waals surface area contributed by atoms with E-state index in [0.717, 1.165) is 12.1 Å². The van der Waals surface area contributed by atoms with Crippen LogP contribution in [0.4, 0.5) is 14.5 Å². The standard InChI is InChI=1S/C6H5F2N/c7-4-2-1-3-5(8)6(4)9/h1-3H,9H2/i1+1,2+1,3+1,4+1,5+1,6+1. The van der Waals surface area contributed by atoms with Gasteiger partial charge in [0, 0.05) is 0 Å². The summed E-state index contributed by atoms with van der Waals surface area (Å²) in [6.45, 7) is 0. The lowest BCUT2D eigenvalue weighted by Crippen LogP contribution is -1.93. The Morgan fingerprint density at radius 3 is 1.89 bits per heavy atom. The largest absolute Gasteiger partial charge is 0.394 e. The van der Waals surface area contributed by atoms with Crippen LogP contribution in [0.5, 0.6) is 0 Å². The van der Waals surface area contributed by atoms with Crippen molar-refractivity contribution < 1.29 is 8.78 Å². The molecule has 9 heavy (non-hydrogen) atoms. The molecule has 0 fully saturated rings. The summed E-state index contributed by atoms with van der Waals surface area (Å²) in [7, 11) is 0. The third kappa shape index (κ3) is 0.988. The van der Waals surface area contributed by atoms with Gasteiger partial charge in [-0.15, -0.1) is 0 Å². The molecule has 0 saturated carbocycles. The second kappa shape index (κ2) is 2.01. The van der Waals surface area contributed by atoms with Crippen molar-refractivity contribution >= 4 is 5.69 Å². The zero-order valence-electron chi connectivity index (χ0n) is 4.57. The summed E-state index contributed by atoms with van der Waals surface area (Å²) >= 11 is 0. The van der Waals surface area contributed by atoms with Gasteiger partial charge in [-0.05, 0) is 12.1 Å². The molecular formula is C6H5F2N. The molecule has 0 aromatic heterocycles. The van der Waals surface area contributed by atoms with Crippen molar-refractivity contribution in [3.05, 3.63) is 29.8 Å². The molecule has 0 aliphatic rings. The van der Waals surface area contributed by atoms with E-state index in [4.69, 9.17) is 5.73 Å². The predicted octanol–water partition coefficient (Wildman–Crippen LogP) is 1.55. The van der Waals surface area contributed by atoms with Gasteiger partial charge in [0.25, 0.3) is 0 Å². The molecule has 3 heteroatoms. The maximum Gasteiger partial charge on any atom is 0.149 e. The molecule has 0 aliphatic heterocycles. The van der Waals surface area contributed by atoms with Crippen molar-refractivity contribution in [3.8, 4) is 0 Å². The molecule has 1 rings (SSSR count). The maximum absolute atomic E-state index is 12.2. The van der Waals surface area contributed by atoms with Crippen LogP contribution in [-0.4, -0.2) is 0 Å². The van der Waals surface area contributed by atoms with Crippen molar-refractivity contribution in [2.24, 2.45) is 0 Å². The molecular weight excluding hydrogens is 130 g/mol. The van der Waals surface area contributed by atoms with Crippen LogP contribution >= 0.6 is 0 Å². The summed E-state index contributed by atoms with van der Waals surface area (Å²) in [5, 5.41) is 0. The van der Waals surface area contributed by atoms with Gasteiger partial charge >= 0.3 is 0 Å². The van der Waals surface area contributed by atoms with E-state index in [2.05, 4.69) is 0 Å². The molecule has 0 heterocycles. The fourth-order valence-electron chi connectivity index (χ4n) is 0.511. The van der Waals surface area contributed by atoms with Gasteiger partial charge in [-0.25, -0.2) is 8.78 Å². The lowest BCUT2D eigenvalue weighted by atomic mass is 11.2. The van der Waals surface area contributed by atoms with Gasteiger partial charge in [0.05, 0.1) is 0 Å². The van der Waals surface area contributed by atoms with Crippen LogP contribution in [0.15, 0.2) is 18.2 Å². The van der Waals surface area contributed by atoms with Crippen LogP contribution in [0.25, 0.3) is 0 Å². The number of nitrogen functional groups attached to an aromatic ring is 1. The minimum atomic E-state index is -0.713. The van der Waals surface area contributed by atoms with Crippen LogP contribution < -0.4 is 5.73 Å². The summed E-state index contributed by atoms with van der Waals surface area (Å²) in [6.07, 6.45) is 0. The van der Waals surface area contributed by atoms with Crippen molar-refractivity contribution in [1.29, 1.82) is 0 Å². The van der Waals surface area contributed by atoms with Gasteiger partial charge < -0.3 is 5.73 Å². The SMILES string of the molecule is N[13c]1[13c](F)[13cH][13cH][13cH][13c]1F. The van der Waals surface area contributed by atoms with Gasteiger partial charge in [0.1, 0.15) is 17.3 Å². The molecule has 1 aromatic rings. The van der Waals surface area contributed by atoms with E-state index in [1.54, 1.807) is 0 Å². The van der Waals surface area contributed by atoms with Crippen LogP contribution in [-0.2, 0) is 0 Å². The van der Waals surface area contributed by atoms with Crippen LogP contribution in [0.3, 0.4) is 0 Å². The summed E-state index contributed by atoms with van der Waals surface area (Å²) < 4.78 is 24.4. The van der Waals surface area contributed by atoms with E-state index in [0.29, 0.717) is 0 Å². The van der Waals surface area contributed by atoms with E-state index in [9.17, 15) is 8.78 Å². The maximum atomic E-state index is 12.2. The Hall–Kier alpha value is -1.12. The average Bonchev–Trinajstić information content (AvgIpc) is 1.83. The van der Waals surface area contributed by atoms with Gasteiger partial charge in [0.15, 0.2) is 0 Å². The van der Waals surface area contributed by atoms with Crippen molar-refractivity contribution in [2.75, 3.05) is 5.73 Å². The number of hydrogen-bond donors (Lipinski definition) is 1. The van der Waals surface area contributed by atoms with Crippen molar-refractivity contribution in [3.63, 3.8) is 0 Å². The first kappa shape index (κ1) is 6.01. The third-order valence-electron chi connectivity index (χ3n) is 1.000. The molecule has 2 N–H and O–H groups in total. The van der Waals surface area contributed by atoms with E-state index in [-0.39, 0.29) is 0 Å². The Morgan fingerprint density at radius 2 is 1.56 bits per heavy atom. The lowest BCUT2D eigenvalue weighted by Gasteiger charge is -1.94. The van der Waals surface area contributed by atoms with Crippen LogP contribution in [0, 0.1) is 11.6 Å². The summed E-state index contributed by atoms with van der Waals surface area (Å²) in [4.78, 5) is 0. The quantitative estimate of drug-likeness (QED) is 0.536. The summed E-state index contributed by atoms with van der Waals surface area (Å²) in [5.74, 6) is -1.43. The molecule has 0 amide bonds. The molecule has 0 atom stereocenters. The highest BCUT2D eigenvalue weighted by atomic mass is 19.2. The van der Waals surface area contributed by atoms with E-state index in [1.807, 2.05) is 0 Å². The molecule has 0 radical (unpaired) electrons. The fraction of sp³-hybridized carbons (Fsp3) is 0. The van der Waals surface area contributed by atoms with Crippen LogP contribution in [0.1, 0.15) is 0 Å². The van der Waals surface area contributed by atoms with E-state index < -0.39 is 17.3 Å². The first-order valence-electron chi connectivity index (χ1n) is 2.41. The Labute approximate surface area is 51.1 Å². The Balaban J connectivity index is 3.25. The minimum absolute atomic E-state index is 0.419. The molecule has 1 aromatic carbocycles. The Morgan fingerprint density at radius 1 is 1.11 bits per heavy atom. The van der Waals surface area contributed by atoms with Crippen molar-refractivity contribution in [1.82, 2.24) is 0 Å². The first-order valence-corrected chi connectivity index (χ1v) is 2.41. The number of benzene rings is 1. The summed E-state index contributed by atoms with van der Waals surface area (Å²) in [5.41, 5.74) is 4.51. The topological polar surface area (TPSA) is 26.0 Å². The number of rotatable bonds is 0. The minimum Gasteiger partial charge on any atom is -0.394 e. The van der Waals surface area contributed by atoms with E-state index >= 15 is 0 Å². The van der Waals surface area contributed by atoms with Gasteiger partial charge in [0.2, 0.25) is 0 Å². The highest BCUT2D eigenvalue weighted by Gasteiger charge is 2.00. The molecule has 1 nitrogen and oxygen atoms in total. The predicted molar refractivity (Wildman–Crippen MR) is 30.8 cm³/mol. The van der Waals surface area contributed by atoms with Crippen molar-refractivity contribution in [2.45, 2.75) is 0 Å². The second-order valence-electron chi connectivity index (χ2n) is 1.64. The summed E-state index contributed by atoms with van der Waals surface area (Å²) in [6, 6.07) is 3.48. The van der Waals surface area contributed by atoms with E-state index in [1.165, 1.54) is 6.07 Å². The molecule has 0 saturated heterocycles. The average molecular weight is 135 g/mol.